The first-order chi connectivity index (χ1) is 11.1. The van der Waals surface area contributed by atoms with Gasteiger partial charge in [0.2, 0.25) is 5.91 Å². The van der Waals surface area contributed by atoms with Crippen LogP contribution in [0.1, 0.15) is 24.5 Å². The SMILES string of the molecule is COCC1(C(=O)NCC(OC)c2ccc(Cl)cc2)CCNCC1. The number of piperidine rings is 1. The zero-order chi connectivity index (χ0) is 16.7. The summed E-state index contributed by atoms with van der Waals surface area (Å²) in [4.78, 5) is 12.7. The molecule has 1 unspecified atom stereocenters. The smallest absolute Gasteiger partial charge is 0.228 e. The van der Waals surface area contributed by atoms with Gasteiger partial charge >= 0.3 is 0 Å². The van der Waals surface area contributed by atoms with Gasteiger partial charge in [-0.1, -0.05) is 23.7 Å². The number of hydrogen-bond donors (Lipinski definition) is 2. The Bertz CT molecular complexity index is 496. The Balaban J connectivity index is 1.99. The average molecular weight is 341 g/mol. The minimum Gasteiger partial charge on any atom is -0.384 e. The summed E-state index contributed by atoms with van der Waals surface area (Å²) in [6.07, 6.45) is 1.37. The van der Waals surface area contributed by atoms with Crippen molar-refractivity contribution in [3.8, 4) is 0 Å². The van der Waals surface area contributed by atoms with Crippen LogP contribution in [0.4, 0.5) is 0 Å². The van der Waals surface area contributed by atoms with E-state index in [1.54, 1.807) is 14.2 Å². The molecule has 0 spiro atoms. The second-order valence-electron chi connectivity index (χ2n) is 5.95. The monoisotopic (exact) mass is 340 g/mol. The molecule has 1 saturated heterocycles. The number of rotatable bonds is 7. The molecule has 1 aliphatic heterocycles. The third-order valence-corrected chi connectivity index (χ3v) is 4.69. The number of amides is 1. The highest BCUT2D eigenvalue weighted by molar-refractivity contribution is 6.30. The molecule has 1 aromatic carbocycles. The van der Waals surface area contributed by atoms with Gasteiger partial charge in [0.15, 0.2) is 0 Å². The van der Waals surface area contributed by atoms with E-state index < -0.39 is 5.41 Å². The first-order valence-electron chi connectivity index (χ1n) is 7.87. The van der Waals surface area contributed by atoms with E-state index >= 15 is 0 Å². The van der Waals surface area contributed by atoms with E-state index in [0.717, 1.165) is 31.5 Å². The Morgan fingerprint density at radius 1 is 1.30 bits per heavy atom. The summed E-state index contributed by atoms with van der Waals surface area (Å²) in [7, 11) is 3.28. The topological polar surface area (TPSA) is 59.6 Å². The van der Waals surface area contributed by atoms with E-state index in [1.807, 2.05) is 24.3 Å². The summed E-state index contributed by atoms with van der Waals surface area (Å²) in [6.45, 7) is 2.54. The molecule has 0 bridgehead atoms. The standard InChI is InChI=1S/C17H25ClN2O3/c1-22-12-17(7-9-19-10-8-17)16(21)20-11-15(23-2)13-3-5-14(18)6-4-13/h3-6,15,19H,7-12H2,1-2H3,(H,20,21). The van der Waals surface area contributed by atoms with Crippen molar-refractivity contribution >= 4 is 17.5 Å². The van der Waals surface area contributed by atoms with Crippen LogP contribution >= 0.6 is 11.6 Å². The van der Waals surface area contributed by atoms with Crippen LogP contribution in [0.5, 0.6) is 0 Å². The van der Waals surface area contributed by atoms with E-state index in [9.17, 15) is 4.79 Å². The number of carbonyl (C=O) groups is 1. The van der Waals surface area contributed by atoms with Gasteiger partial charge in [0, 0.05) is 25.8 Å². The second-order valence-corrected chi connectivity index (χ2v) is 6.39. The highest BCUT2D eigenvalue weighted by Crippen LogP contribution is 2.29. The number of nitrogens with one attached hydrogen (secondary N) is 2. The summed E-state index contributed by atoms with van der Waals surface area (Å²) < 4.78 is 10.8. The Kier molecular flexibility index (Phi) is 6.84. The van der Waals surface area contributed by atoms with Crippen LogP contribution in [0.15, 0.2) is 24.3 Å². The van der Waals surface area contributed by atoms with Crippen molar-refractivity contribution in [2.45, 2.75) is 18.9 Å². The molecule has 2 N–H and O–H groups in total. The van der Waals surface area contributed by atoms with Gasteiger partial charge in [-0.15, -0.1) is 0 Å². The fraction of sp³-hybridized carbons (Fsp3) is 0.588. The van der Waals surface area contributed by atoms with Crippen molar-refractivity contribution in [2.75, 3.05) is 40.5 Å². The maximum Gasteiger partial charge on any atom is 0.228 e. The highest BCUT2D eigenvalue weighted by Gasteiger charge is 2.39. The maximum absolute atomic E-state index is 12.7. The van der Waals surface area contributed by atoms with E-state index in [1.165, 1.54) is 0 Å². The number of halogens is 1. The number of benzene rings is 1. The molecule has 5 nitrogen and oxygen atoms in total. The summed E-state index contributed by atoms with van der Waals surface area (Å²) in [6, 6.07) is 7.48. The maximum atomic E-state index is 12.7. The van der Waals surface area contributed by atoms with Crippen molar-refractivity contribution in [2.24, 2.45) is 5.41 Å². The Hall–Kier alpha value is -1.14. The van der Waals surface area contributed by atoms with E-state index in [0.29, 0.717) is 18.2 Å². The van der Waals surface area contributed by atoms with Crippen molar-refractivity contribution in [3.05, 3.63) is 34.9 Å². The van der Waals surface area contributed by atoms with Gasteiger partial charge in [0.05, 0.1) is 18.1 Å². The predicted octanol–water partition coefficient (Wildman–Crippen LogP) is 2.16. The van der Waals surface area contributed by atoms with Crippen LogP contribution in [0, 0.1) is 5.41 Å². The minimum absolute atomic E-state index is 0.0388. The van der Waals surface area contributed by atoms with Gasteiger partial charge in [-0.2, -0.15) is 0 Å². The molecule has 2 rings (SSSR count). The van der Waals surface area contributed by atoms with Crippen LogP contribution in [0.25, 0.3) is 0 Å². The highest BCUT2D eigenvalue weighted by atomic mass is 35.5. The molecule has 6 heteroatoms. The Labute approximate surface area is 142 Å². The first kappa shape index (κ1) is 18.2. The molecule has 1 aromatic rings. The summed E-state index contributed by atoms with van der Waals surface area (Å²) in [5, 5.41) is 7.01. The molecule has 0 aromatic heterocycles. The van der Waals surface area contributed by atoms with Crippen LogP contribution in [0.2, 0.25) is 5.02 Å². The van der Waals surface area contributed by atoms with Gasteiger partial charge < -0.3 is 20.1 Å². The summed E-state index contributed by atoms with van der Waals surface area (Å²) in [5.41, 5.74) is 0.543. The van der Waals surface area contributed by atoms with Gasteiger partial charge in [0.25, 0.3) is 0 Å². The van der Waals surface area contributed by atoms with Crippen LogP contribution in [-0.4, -0.2) is 46.4 Å². The predicted molar refractivity (Wildman–Crippen MR) is 90.6 cm³/mol. The average Bonchev–Trinajstić information content (AvgIpc) is 2.58. The fourth-order valence-electron chi connectivity index (χ4n) is 3.01. The van der Waals surface area contributed by atoms with Crippen LogP contribution < -0.4 is 10.6 Å². The van der Waals surface area contributed by atoms with Crippen molar-refractivity contribution in [1.29, 1.82) is 0 Å². The normalized spacial score (nSPS) is 18.4. The molecule has 1 amide bonds. The largest absolute Gasteiger partial charge is 0.384 e. The molecule has 23 heavy (non-hydrogen) atoms. The molecule has 1 aliphatic rings. The lowest BCUT2D eigenvalue weighted by Crippen LogP contribution is -2.50. The molecule has 0 aliphatic carbocycles. The molecular weight excluding hydrogens is 316 g/mol. The number of methoxy groups -OCH3 is 2. The van der Waals surface area contributed by atoms with Crippen molar-refractivity contribution < 1.29 is 14.3 Å². The molecule has 1 fully saturated rings. The molecule has 1 heterocycles. The van der Waals surface area contributed by atoms with E-state index in [2.05, 4.69) is 10.6 Å². The molecule has 0 saturated carbocycles. The van der Waals surface area contributed by atoms with Gasteiger partial charge in [-0.25, -0.2) is 0 Å². The molecule has 0 radical (unpaired) electrons. The Morgan fingerprint density at radius 3 is 2.52 bits per heavy atom. The summed E-state index contributed by atoms with van der Waals surface area (Å²) >= 11 is 5.91. The van der Waals surface area contributed by atoms with Gasteiger partial charge in [0.1, 0.15) is 0 Å². The Morgan fingerprint density at radius 2 is 1.96 bits per heavy atom. The first-order valence-corrected chi connectivity index (χ1v) is 8.25. The third-order valence-electron chi connectivity index (χ3n) is 4.44. The lowest BCUT2D eigenvalue weighted by molar-refractivity contribution is -0.136. The van der Waals surface area contributed by atoms with Crippen molar-refractivity contribution in [3.63, 3.8) is 0 Å². The fourth-order valence-corrected chi connectivity index (χ4v) is 3.13. The lowest BCUT2D eigenvalue weighted by Gasteiger charge is -2.35. The third kappa shape index (κ3) is 4.67. The number of carbonyl (C=O) groups excluding carboxylic acids is 1. The van der Waals surface area contributed by atoms with Crippen LogP contribution in [-0.2, 0) is 14.3 Å². The molecule has 128 valence electrons. The lowest BCUT2D eigenvalue weighted by atomic mass is 9.78. The number of ether oxygens (including phenoxy) is 2. The van der Waals surface area contributed by atoms with E-state index in [-0.39, 0.29) is 12.0 Å². The van der Waals surface area contributed by atoms with Gasteiger partial charge in [-0.05, 0) is 43.6 Å². The van der Waals surface area contributed by atoms with Crippen LogP contribution in [0.3, 0.4) is 0 Å². The second kappa shape index (κ2) is 8.64. The zero-order valence-electron chi connectivity index (χ0n) is 13.7. The van der Waals surface area contributed by atoms with E-state index in [4.69, 9.17) is 21.1 Å². The molecular formula is C17H25ClN2O3. The number of hydrogen-bond acceptors (Lipinski definition) is 4. The zero-order valence-corrected chi connectivity index (χ0v) is 14.5. The summed E-state index contributed by atoms with van der Waals surface area (Å²) in [5.74, 6) is 0.0388. The quantitative estimate of drug-likeness (QED) is 0.798. The van der Waals surface area contributed by atoms with Crippen molar-refractivity contribution in [1.82, 2.24) is 10.6 Å². The minimum atomic E-state index is -0.446. The molecule has 1 atom stereocenters. The van der Waals surface area contributed by atoms with Gasteiger partial charge in [-0.3, -0.25) is 4.79 Å².